The fraction of sp³-hybridized carbons (Fsp3) is 0.535. The first-order valence-corrected chi connectivity index (χ1v) is 22.7. The number of rotatable bonds is 34. The van der Waals surface area contributed by atoms with Crippen LogP contribution in [-0.2, 0) is 68.7 Å². The van der Waals surface area contributed by atoms with Gasteiger partial charge in [-0.15, -0.1) is 0 Å². The van der Waals surface area contributed by atoms with Gasteiger partial charge in [0.25, 0.3) is 0 Å². The summed E-state index contributed by atoms with van der Waals surface area (Å²) in [5.74, 6) is -16.7. The fourth-order valence-corrected chi connectivity index (χ4v) is 6.67. The highest BCUT2D eigenvalue weighted by Gasteiger charge is 2.37. The van der Waals surface area contributed by atoms with Crippen molar-refractivity contribution in [2.75, 3.05) is 13.1 Å². The Balaban J connectivity index is 3.60. The number of benzene rings is 1. The summed E-state index contributed by atoms with van der Waals surface area (Å²) >= 11 is 0. The average Bonchev–Trinajstić information content (AvgIpc) is 3.29. The number of aliphatic imine (C=N–C) groups is 1. The smallest absolute Gasteiger partial charge is 0.326 e. The zero-order valence-corrected chi connectivity index (χ0v) is 40.8. The van der Waals surface area contributed by atoms with Gasteiger partial charge >= 0.3 is 11.9 Å². The Bertz CT molecular complexity index is 2230. The monoisotopic (exact) mass is 1050 g/mol. The van der Waals surface area contributed by atoms with Crippen molar-refractivity contribution in [2.24, 2.45) is 45.3 Å². The molecule has 0 spiro atoms. The minimum Gasteiger partial charge on any atom is -0.481 e. The molecule has 0 aliphatic carbocycles. The second-order valence-corrected chi connectivity index (χ2v) is 17.1. The molecule has 0 aliphatic rings. The van der Waals surface area contributed by atoms with Gasteiger partial charge in [0.2, 0.25) is 65.0 Å². The summed E-state index contributed by atoms with van der Waals surface area (Å²) in [5.41, 5.74) is 32.5. The number of carboxylic acid groups (broad SMARTS) is 2. The molecule has 0 saturated carbocycles. The largest absolute Gasteiger partial charge is 0.481 e. The molecule has 0 bridgehead atoms. The number of aliphatic hydroxyl groups is 1. The van der Waals surface area contributed by atoms with E-state index in [1.54, 1.807) is 44.2 Å². The normalized spacial score (nSPS) is 14.5. The van der Waals surface area contributed by atoms with E-state index in [-0.39, 0.29) is 38.2 Å². The van der Waals surface area contributed by atoms with Crippen LogP contribution < -0.4 is 76.9 Å². The summed E-state index contributed by atoms with van der Waals surface area (Å²) in [6.07, 6.45) is -6.23. The summed E-state index contributed by atoms with van der Waals surface area (Å²) in [6, 6.07) is -6.29. The van der Waals surface area contributed by atoms with Gasteiger partial charge in [-0.05, 0) is 37.7 Å². The van der Waals surface area contributed by atoms with E-state index in [2.05, 4.69) is 47.5 Å². The van der Waals surface area contributed by atoms with E-state index in [0.29, 0.717) is 5.56 Å². The highest BCUT2D eigenvalue weighted by atomic mass is 16.4. The lowest BCUT2D eigenvalue weighted by Crippen LogP contribution is -2.61. The van der Waals surface area contributed by atoms with Gasteiger partial charge < -0.3 is 92.3 Å². The Kier molecular flexibility index (Phi) is 27.3. The van der Waals surface area contributed by atoms with Gasteiger partial charge in [-0.1, -0.05) is 44.2 Å². The third-order valence-corrected chi connectivity index (χ3v) is 10.2. The highest BCUT2D eigenvalue weighted by molar-refractivity contribution is 6.00. The molecule has 9 atom stereocenters. The van der Waals surface area contributed by atoms with Gasteiger partial charge in [-0.3, -0.25) is 62.5 Å². The lowest BCUT2D eigenvalue weighted by Gasteiger charge is -2.28. The molecule has 74 heavy (non-hydrogen) atoms. The fourth-order valence-electron chi connectivity index (χ4n) is 6.67. The minimum absolute atomic E-state index is 0.0704. The average molecular weight is 1050 g/mol. The highest BCUT2D eigenvalue weighted by Crippen LogP contribution is 2.11. The number of carboxylic acids is 2. The molecule has 0 aromatic heterocycles. The number of guanidine groups is 1. The molecule has 1 aromatic rings. The predicted octanol–water partition coefficient (Wildman–Crippen LogP) is -8.27. The summed E-state index contributed by atoms with van der Waals surface area (Å²) in [5, 5.41) is 47.1. The van der Waals surface area contributed by atoms with Crippen molar-refractivity contribution in [3.8, 4) is 0 Å². The number of carbonyl (C=O) groups excluding carboxylic acids is 11. The molecular weight excluding hydrogens is 983 g/mol. The number of hydrogen-bond donors (Lipinski definition) is 17. The van der Waals surface area contributed by atoms with Crippen LogP contribution in [0.2, 0.25) is 0 Å². The zero-order chi connectivity index (χ0) is 56.4. The molecule has 31 nitrogen and oxygen atoms in total. The van der Waals surface area contributed by atoms with Crippen molar-refractivity contribution >= 4 is 82.9 Å². The topological polar surface area (TPSA) is 547 Å². The van der Waals surface area contributed by atoms with Gasteiger partial charge in [0.1, 0.15) is 48.3 Å². The Hall–Kier alpha value is -8.48. The molecule has 410 valence electrons. The summed E-state index contributed by atoms with van der Waals surface area (Å²) in [6.45, 7) is 3.60. The first-order chi connectivity index (χ1) is 34.5. The number of nitrogens with zero attached hydrogens (tertiary/aromatic N) is 1. The van der Waals surface area contributed by atoms with E-state index in [4.69, 9.17) is 34.4 Å². The first-order valence-electron chi connectivity index (χ1n) is 22.7. The molecule has 11 amide bonds. The molecule has 0 unspecified atom stereocenters. The third-order valence-electron chi connectivity index (χ3n) is 10.2. The number of aliphatic hydroxyl groups excluding tert-OH is 1. The summed E-state index contributed by atoms with van der Waals surface area (Å²) in [4.78, 5) is 171. The van der Waals surface area contributed by atoms with E-state index in [1.165, 1.54) is 0 Å². The third kappa shape index (κ3) is 24.6. The molecule has 31 heteroatoms. The van der Waals surface area contributed by atoms with Crippen molar-refractivity contribution in [3.05, 3.63) is 35.9 Å². The van der Waals surface area contributed by atoms with E-state index in [1.807, 2.05) is 0 Å². The molecular formula is C43H67N15O16. The van der Waals surface area contributed by atoms with Crippen molar-refractivity contribution in [3.63, 3.8) is 0 Å². The standard InChI is InChI=1S/C43H67N15O16/c1-19(2)12-23(52-40(71)27(17-33(64)65)56-41(72)34(20(3)59)58-32(63)18-44)36(67)55-25(14-29(45)60)38(69)51-22(10-7-11-50-43(48)49)35(66)54-26(15-30(46)61)39(70)53-24(13-21-8-5-4-6-9-21)37(68)57-28(42(73)74)16-31(47)62/h4-6,8-9,19-20,22-28,34,59H,7,10-18,44H2,1-3H3,(H2,45,60)(H2,46,61)(H2,47,62)(H,51,69)(H,52,71)(H,53,70)(H,54,66)(H,55,67)(H,56,72)(H,57,68)(H,58,63)(H,64,65)(H,73,74)(H4,48,49,50)/t20-,22+,23+,24+,25+,26+,27+,28+,34+/m1/s1. The maximum atomic E-state index is 14.0. The van der Waals surface area contributed by atoms with Crippen LogP contribution in [0.4, 0.5) is 0 Å². The van der Waals surface area contributed by atoms with Crippen molar-refractivity contribution < 1.29 is 77.6 Å². The second-order valence-electron chi connectivity index (χ2n) is 17.1. The molecule has 0 radical (unpaired) electrons. The van der Waals surface area contributed by atoms with Gasteiger partial charge in [-0.2, -0.15) is 0 Å². The lowest BCUT2D eigenvalue weighted by molar-refractivity contribution is -0.144. The van der Waals surface area contributed by atoms with Crippen LogP contribution in [0.25, 0.3) is 0 Å². The number of nitrogens with two attached hydrogens (primary N) is 6. The van der Waals surface area contributed by atoms with E-state index in [0.717, 1.165) is 6.92 Å². The van der Waals surface area contributed by atoms with Crippen LogP contribution in [0.3, 0.4) is 0 Å². The van der Waals surface area contributed by atoms with E-state index in [9.17, 15) is 77.6 Å². The maximum absolute atomic E-state index is 14.0. The van der Waals surface area contributed by atoms with Crippen molar-refractivity contribution in [2.45, 2.75) is 127 Å². The van der Waals surface area contributed by atoms with Crippen LogP contribution in [-0.4, -0.2) is 166 Å². The van der Waals surface area contributed by atoms with Crippen LogP contribution in [0.5, 0.6) is 0 Å². The zero-order valence-electron chi connectivity index (χ0n) is 40.8. The van der Waals surface area contributed by atoms with Crippen LogP contribution in [0, 0.1) is 5.92 Å². The molecule has 1 aromatic carbocycles. The summed E-state index contributed by atoms with van der Waals surface area (Å²) in [7, 11) is 0. The van der Waals surface area contributed by atoms with Gasteiger partial charge in [0.05, 0.1) is 38.3 Å². The molecule has 23 N–H and O–H groups in total. The number of aliphatic carboxylic acids is 2. The lowest BCUT2D eigenvalue weighted by atomic mass is 10.0. The van der Waals surface area contributed by atoms with Crippen LogP contribution in [0.15, 0.2) is 35.3 Å². The number of nitrogens with one attached hydrogen (secondary N) is 8. The number of primary amides is 3. The van der Waals surface area contributed by atoms with E-state index >= 15 is 0 Å². The van der Waals surface area contributed by atoms with Crippen molar-refractivity contribution in [1.29, 1.82) is 0 Å². The Morgan fingerprint density at radius 2 is 0.932 bits per heavy atom. The van der Waals surface area contributed by atoms with Gasteiger partial charge in [0, 0.05) is 13.0 Å². The maximum Gasteiger partial charge on any atom is 0.326 e. The molecule has 0 fully saturated rings. The SMILES string of the molecule is CC(C)C[C@H](NC(=O)[C@H](CC(=O)O)NC(=O)[C@@H](NC(=O)CN)[C@@H](C)O)C(=O)N[C@@H](CC(N)=O)C(=O)N[C@@H](CCCN=C(N)N)C(=O)N[C@@H](CC(N)=O)C(=O)N[C@@H](Cc1ccccc1)C(=O)N[C@@H](CC(N)=O)C(=O)O. The van der Waals surface area contributed by atoms with E-state index < -0.39 is 170 Å². The number of carbonyl (C=O) groups is 13. The number of hydrogen-bond acceptors (Lipinski definition) is 16. The van der Waals surface area contributed by atoms with Gasteiger partial charge in [0.15, 0.2) is 5.96 Å². The second kappa shape index (κ2) is 31.8. The van der Waals surface area contributed by atoms with Crippen LogP contribution in [0.1, 0.15) is 71.3 Å². The molecule has 0 saturated heterocycles. The Morgan fingerprint density at radius 1 is 0.527 bits per heavy atom. The molecule has 0 heterocycles. The van der Waals surface area contributed by atoms with Crippen molar-refractivity contribution in [1.82, 2.24) is 42.5 Å². The van der Waals surface area contributed by atoms with Gasteiger partial charge in [-0.25, -0.2) is 4.79 Å². The predicted molar refractivity (Wildman–Crippen MR) is 257 cm³/mol. The molecule has 1 rings (SSSR count). The first kappa shape index (κ1) is 63.5. The Labute approximate surface area is 423 Å². The number of amides is 11. The molecule has 0 aliphatic heterocycles. The Morgan fingerprint density at radius 3 is 1.38 bits per heavy atom. The quantitative estimate of drug-likeness (QED) is 0.0173. The summed E-state index contributed by atoms with van der Waals surface area (Å²) < 4.78 is 0. The van der Waals surface area contributed by atoms with Crippen LogP contribution >= 0.6 is 0 Å². The minimum atomic E-state index is -1.92.